The minimum atomic E-state index is -3.76. The van der Waals surface area contributed by atoms with Crippen molar-refractivity contribution < 1.29 is 13.3 Å². The van der Waals surface area contributed by atoms with Crippen molar-refractivity contribution in [3.63, 3.8) is 0 Å². The predicted octanol–water partition coefficient (Wildman–Crippen LogP) is 2.29. The number of hydrogen-bond donors (Lipinski definition) is 1. The van der Waals surface area contributed by atoms with Gasteiger partial charge in [-0.3, -0.25) is 10.1 Å². The van der Waals surface area contributed by atoms with Crippen LogP contribution in [0.2, 0.25) is 0 Å². The van der Waals surface area contributed by atoms with Gasteiger partial charge >= 0.3 is 5.69 Å². The Kier molecular flexibility index (Phi) is 5.11. The molecule has 20 heavy (non-hydrogen) atoms. The van der Waals surface area contributed by atoms with E-state index in [0.29, 0.717) is 6.54 Å². The highest BCUT2D eigenvalue weighted by Gasteiger charge is 2.32. The van der Waals surface area contributed by atoms with Crippen LogP contribution in [0.5, 0.6) is 0 Å². The fourth-order valence-electron chi connectivity index (χ4n) is 1.70. The molecule has 9 heteroatoms. The van der Waals surface area contributed by atoms with Crippen molar-refractivity contribution in [1.82, 2.24) is 4.31 Å². The summed E-state index contributed by atoms with van der Waals surface area (Å²) in [7, 11) is -3.76. The van der Waals surface area contributed by atoms with Crippen LogP contribution in [0.25, 0.3) is 0 Å². The van der Waals surface area contributed by atoms with E-state index >= 15 is 0 Å². The second kappa shape index (κ2) is 6.06. The molecule has 0 atom stereocenters. The maximum atomic E-state index is 12.6. The normalized spacial score (nSPS) is 12.6. The highest BCUT2D eigenvalue weighted by atomic mass is 32.2. The van der Waals surface area contributed by atoms with Gasteiger partial charge in [-0.05, 0) is 19.8 Å². The van der Waals surface area contributed by atoms with Crippen molar-refractivity contribution in [2.45, 2.75) is 37.9 Å². The summed E-state index contributed by atoms with van der Waals surface area (Å²) in [5, 5.41) is 10.7. The van der Waals surface area contributed by atoms with Gasteiger partial charge in [-0.2, -0.15) is 4.31 Å². The molecule has 0 aliphatic rings. The molecule has 0 bridgehead atoms. The second-order valence-electron chi connectivity index (χ2n) is 5.13. The molecule has 0 unspecified atom stereocenters. The van der Waals surface area contributed by atoms with E-state index in [2.05, 4.69) is 0 Å². The topological polar surface area (TPSA) is 107 Å². The number of sulfonamides is 1. The Hall–Kier alpha value is -1.19. The van der Waals surface area contributed by atoms with Crippen LogP contribution in [0.15, 0.2) is 10.3 Å². The third-order valence-corrected chi connectivity index (χ3v) is 6.04. The molecule has 0 aliphatic carbocycles. The zero-order valence-corrected chi connectivity index (χ0v) is 13.5. The number of anilines is 1. The lowest BCUT2D eigenvalue weighted by molar-refractivity contribution is -0.383. The van der Waals surface area contributed by atoms with Gasteiger partial charge in [-0.15, -0.1) is 0 Å². The number of nitrogens with two attached hydrogens (primary N) is 1. The van der Waals surface area contributed by atoms with Crippen molar-refractivity contribution >= 4 is 32.0 Å². The summed E-state index contributed by atoms with van der Waals surface area (Å²) in [4.78, 5) is 10.1. The molecule has 114 valence electrons. The Morgan fingerprint density at radius 1 is 1.40 bits per heavy atom. The average Bonchev–Trinajstić information content (AvgIpc) is 2.68. The van der Waals surface area contributed by atoms with Crippen LogP contribution < -0.4 is 5.73 Å². The molecule has 1 heterocycles. The monoisotopic (exact) mass is 321 g/mol. The van der Waals surface area contributed by atoms with E-state index in [0.717, 1.165) is 17.4 Å². The number of rotatable bonds is 6. The summed E-state index contributed by atoms with van der Waals surface area (Å²) >= 11 is 0.729. The molecule has 0 amide bonds. The molecule has 0 saturated heterocycles. The standard InChI is InChI=1S/C11H19N3O4S2/c1-7(2)6-13(8(3)4)20(17,18)10-5-9(14(15)16)11(12)19-10/h5,7-8H,6,12H2,1-4H3. The summed E-state index contributed by atoms with van der Waals surface area (Å²) in [5.74, 6) is 0.152. The molecular weight excluding hydrogens is 302 g/mol. The minimum absolute atomic E-state index is 0.0870. The van der Waals surface area contributed by atoms with Gasteiger partial charge in [0.2, 0.25) is 0 Å². The smallest absolute Gasteiger partial charge is 0.304 e. The largest absolute Gasteiger partial charge is 0.385 e. The molecule has 0 saturated carbocycles. The quantitative estimate of drug-likeness (QED) is 0.639. The van der Waals surface area contributed by atoms with E-state index in [-0.39, 0.29) is 26.9 Å². The van der Waals surface area contributed by atoms with Gasteiger partial charge < -0.3 is 5.73 Å². The zero-order chi connectivity index (χ0) is 15.7. The molecule has 0 fully saturated rings. The lowest BCUT2D eigenvalue weighted by Crippen LogP contribution is -2.39. The van der Waals surface area contributed by atoms with Gasteiger partial charge in [0.15, 0.2) is 5.00 Å². The Balaban J connectivity index is 3.26. The van der Waals surface area contributed by atoms with E-state index in [1.54, 1.807) is 13.8 Å². The van der Waals surface area contributed by atoms with Crippen molar-refractivity contribution in [1.29, 1.82) is 0 Å². The SMILES string of the molecule is CC(C)CN(C(C)C)S(=O)(=O)c1cc([N+](=O)[O-])c(N)s1. The number of thiophene rings is 1. The molecule has 0 radical (unpaired) electrons. The number of nitrogens with zero attached hydrogens (tertiary/aromatic N) is 2. The Morgan fingerprint density at radius 3 is 2.30 bits per heavy atom. The van der Waals surface area contributed by atoms with Gasteiger partial charge in [-0.1, -0.05) is 25.2 Å². The first-order valence-corrected chi connectivity index (χ1v) is 8.38. The van der Waals surface area contributed by atoms with Crippen molar-refractivity contribution in [3.8, 4) is 0 Å². The summed E-state index contributed by atoms with van der Waals surface area (Å²) in [6.07, 6.45) is 0. The fraction of sp³-hybridized carbons (Fsp3) is 0.636. The Labute approximate surface area is 122 Å². The van der Waals surface area contributed by atoms with Crippen LogP contribution in [-0.4, -0.2) is 30.2 Å². The Morgan fingerprint density at radius 2 is 1.95 bits per heavy atom. The summed E-state index contributed by atoms with van der Waals surface area (Å²) in [5.41, 5.74) is 5.15. The summed E-state index contributed by atoms with van der Waals surface area (Å²) in [6.45, 7) is 7.72. The maximum absolute atomic E-state index is 12.6. The lowest BCUT2D eigenvalue weighted by atomic mass is 10.2. The summed E-state index contributed by atoms with van der Waals surface area (Å²) in [6, 6.07) is 0.801. The first-order chi connectivity index (χ1) is 9.07. The molecule has 1 aromatic rings. The van der Waals surface area contributed by atoms with Crippen LogP contribution in [0.1, 0.15) is 27.7 Å². The van der Waals surface area contributed by atoms with E-state index in [4.69, 9.17) is 5.73 Å². The highest BCUT2D eigenvalue weighted by Crippen LogP contribution is 2.36. The number of nitro groups is 1. The van der Waals surface area contributed by atoms with E-state index in [9.17, 15) is 18.5 Å². The maximum Gasteiger partial charge on any atom is 0.304 e. The molecule has 0 aliphatic heterocycles. The van der Waals surface area contributed by atoms with Gasteiger partial charge in [0, 0.05) is 18.7 Å². The molecule has 0 spiro atoms. The van der Waals surface area contributed by atoms with E-state index in [1.165, 1.54) is 4.31 Å². The first-order valence-electron chi connectivity index (χ1n) is 6.13. The summed E-state index contributed by atoms with van der Waals surface area (Å²) < 4.78 is 26.4. The van der Waals surface area contributed by atoms with Gasteiger partial charge in [0.25, 0.3) is 10.0 Å². The molecular formula is C11H19N3O4S2. The first kappa shape index (κ1) is 16.9. The third kappa shape index (κ3) is 3.47. The Bertz CT molecular complexity index is 593. The van der Waals surface area contributed by atoms with Crippen LogP contribution in [0, 0.1) is 16.0 Å². The molecule has 1 rings (SSSR count). The number of nitrogen functional groups attached to an aromatic ring is 1. The van der Waals surface area contributed by atoms with Gasteiger partial charge in [-0.25, -0.2) is 8.42 Å². The van der Waals surface area contributed by atoms with Crippen LogP contribution in [0.3, 0.4) is 0 Å². The number of hydrogen-bond acceptors (Lipinski definition) is 6. The van der Waals surface area contributed by atoms with Crippen LogP contribution in [-0.2, 0) is 10.0 Å². The minimum Gasteiger partial charge on any atom is -0.385 e. The zero-order valence-electron chi connectivity index (χ0n) is 11.9. The molecule has 0 aromatic carbocycles. The lowest BCUT2D eigenvalue weighted by Gasteiger charge is -2.26. The molecule has 1 aromatic heterocycles. The third-order valence-electron chi connectivity index (χ3n) is 2.60. The van der Waals surface area contributed by atoms with Crippen molar-refractivity contribution in [3.05, 3.63) is 16.2 Å². The second-order valence-corrected chi connectivity index (χ2v) is 8.34. The van der Waals surface area contributed by atoms with Crippen LogP contribution >= 0.6 is 11.3 Å². The highest BCUT2D eigenvalue weighted by molar-refractivity contribution is 7.91. The molecule has 2 N–H and O–H groups in total. The van der Waals surface area contributed by atoms with E-state index < -0.39 is 14.9 Å². The fourth-order valence-corrected chi connectivity index (χ4v) is 4.85. The predicted molar refractivity (Wildman–Crippen MR) is 79.3 cm³/mol. The van der Waals surface area contributed by atoms with Crippen molar-refractivity contribution in [2.75, 3.05) is 12.3 Å². The average molecular weight is 321 g/mol. The molecule has 7 nitrogen and oxygen atoms in total. The van der Waals surface area contributed by atoms with E-state index in [1.807, 2.05) is 13.8 Å². The van der Waals surface area contributed by atoms with Crippen LogP contribution in [0.4, 0.5) is 10.7 Å². The van der Waals surface area contributed by atoms with Gasteiger partial charge in [0.1, 0.15) is 4.21 Å². The van der Waals surface area contributed by atoms with Crippen molar-refractivity contribution in [2.24, 2.45) is 5.92 Å². The van der Waals surface area contributed by atoms with Gasteiger partial charge in [0.05, 0.1) is 4.92 Å².